The highest BCUT2D eigenvalue weighted by atomic mass is 16.2. The number of amides is 4. The lowest BCUT2D eigenvalue weighted by Crippen LogP contribution is -2.58. The first-order valence-corrected chi connectivity index (χ1v) is 14.3. The van der Waals surface area contributed by atoms with E-state index in [4.69, 9.17) is 0 Å². The van der Waals surface area contributed by atoms with Crippen LogP contribution >= 0.6 is 0 Å². The quantitative estimate of drug-likeness (QED) is 0.475. The second kappa shape index (κ2) is 9.30. The SMILES string of the molecule is O=C1CCC(N2C(=O)c3cccc(NCc4ccc(CNC56CC7CC(CC(C7)C5)C6)cc4)c3C2=O)C(=O)N1. The van der Waals surface area contributed by atoms with Crippen LogP contribution in [0.1, 0.15) is 83.2 Å². The molecule has 2 aliphatic heterocycles. The molecule has 0 aromatic heterocycles. The number of carbonyl (C=O) groups excluding carboxylic acids is 4. The lowest BCUT2D eigenvalue weighted by molar-refractivity contribution is -0.136. The molecule has 2 aromatic carbocycles. The van der Waals surface area contributed by atoms with Crippen molar-refractivity contribution in [1.29, 1.82) is 0 Å². The molecule has 2 heterocycles. The summed E-state index contributed by atoms with van der Waals surface area (Å²) in [6, 6.07) is 12.7. The zero-order valence-electron chi connectivity index (χ0n) is 22.0. The minimum Gasteiger partial charge on any atom is -0.380 e. The van der Waals surface area contributed by atoms with Crippen molar-refractivity contribution in [2.45, 2.75) is 76.0 Å². The number of nitrogens with one attached hydrogen (secondary N) is 3. The van der Waals surface area contributed by atoms with Gasteiger partial charge in [0.2, 0.25) is 11.8 Å². The Kier molecular flexibility index (Phi) is 5.84. The minimum atomic E-state index is -0.970. The summed E-state index contributed by atoms with van der Waals surface area (Å²) in [6.07, 6.45) is 8.59. The predicted molar refractivity (Wildman–Crippen MR) is 145 cm³/mol. The van der Waals surface area contributed by atoms with E-state index in [1.165, 1.54) is 44.1 Å². The van der Waals surface area contributed by atoms with Gasteiger partial charge >= 0.3 is 0 Å². The van der Waals surface area contributed by atoms with Gasteiger partial charge in [-0.25, -0.2) is 0 Å². The molecule has 1 atom stereocenters. The largest absolute Gasteiger partial charge is 0.380 e. The summed E-state index contributed by atoms with van der Waals surface area (Å²) in [6.45, 7) is 1.39. The molecule has 4 amide bonds. The van der Waals surface area contributed by atoms with Gasteiger partial charge in [-0.3, -0.25) is 29.4 Å². The van der Waals surface area contributed by atoms with E-state index in [2.05, 4.69) is 40.2 Å². The Hall–Kier alpha value is -3.52. The van der Waals surface area contributed by atoms with Gasteiger partial charge in [0.1, 0.15) is 6.04 Å². The van der Waals surface area contributed by atoms with Gasteiger partial charge in [-0.1, -0.05) is 30.3 Å². The zero-order valence-corrected chi connectivity index (χ0v) is 22.0. The van der Waals surface area contributed by atoms with E-state index in [0.29, 0.717) is 17.8 Å². The van der Waals surface area contributed by atoms with Gasteiger partial charge in [-0.2, -0.15) is 0 Å². The van der Waals surface area contributed by atoms with E-state index in [1.54, 1.807) is 18.2 Å². The van der Waals surface area contributed by atoms with Crippen molar-refractivity contribution in [3.05, 3.63) is 64.7 Å². The number of imide groups is 2. The molecule has 202 valence electrons. The van der Waals surface area contributed by atoms with Crippen LogP contribution in [0.3, 0.4) is 0 Å². The molecule has 8 rings (SSSR count). The van der Waals surface area contributed by atoms with Crippen molar-refractivity contribution in [3.63, 3.8) is 0 Å². The van der Waals surface area contributed by atoms with Crippen LogP contribution in [-0.2, 0) is 22.7 Å². The van der Waals surface area contributed by atoms with Crippen molar-refractivity contribution < 1.29 is 19.2 Å². The molecule has 5 fully saturated rings. The van der Waals surface area contributed by atoms with Gasteiger partial charge in [0, 0.05) is 30.7 Å². The third-order valence-corrected chi connectivity index (χ3v) is 9.68. The third-order valence-electron chi connectivity index (χ3n) is 9.68. The Morgan fingerprint density at radius 2 is 1.46 bits per heavy atom. The maximum atomic E-state index is 13.3. The molecule has 0 spiro atoms. The van der Waals surface area contributed by atoms with E-state index >= 15 is 0 Å². The fourth-order valence-electron chi connectivity index (χ4n) is 8.25. The number of rotatable bonds is 7. The molecule has 4 aliphatic carbocycles. The third kappa shape index (κ3) is 4.35. The van der Waals surface area contributed by atoms with Crippen LogP contribution in [-0.4, -0.2) is 40.1 Å². The smallest absolute Gasteiger partial charge is 0.264 e. The summed E-state index contributed by atoms with van der Waals surface area (Å²) in [5.41, 5.74) is 3.81. The number of piperidine rings is 1. The molecule has 6 aliphatic rings. The van der Waals surface area contributed by atoms with Crippen molar-refractivity contribution in [2.75, 3.05) is 5.32 Å². The Morgan fingerprint density at radius 3 is 2.10 bits per heavy atom. The Morgan fingerprint density at radius 1 is 0.821 bits per heavy atom. The topological polar surface area (TPSA) is 108 Å². The van der Waals surface area contributed by atoms with E-state index in [-0.39, 0.29) is 29.9 Å². The van der Waals surface area contributed by atoms with Gasteiger partial charge < -0.3 is 10.6 Å². The maximum absolute atomic E-state index is 13.3. The molecule has 4 saturated carbocycles. The predicted octanol–water partition coefficient (Wildman–Crippen LogP) is 3.76. The molecular formula is C31H34N4O4. The minimum absolute atomic E-state index is 0.100. The van der Waals surface area contributed by atoms with Crippen LogP contribution in [0, 0.1) is 17.8 Å². The number of benzene rings is 2. The zero-order chi connectivity index (χ0) is 26.7. The average molecular weight is 527 g/mol. The molecule has 0 radical (unpaired) electrons. The number of nitrogens with zero attached hydrogens (tertiary/aromatic N) is 1. The number of hydrogen-bond acceptors (Lipinski definition) is 6. The lowest BCUT2D eigenvalue weighted by atomic mass is 9.53. The first kappa shape index (κ1) is 24.5. The van der Waals surface area contributed by atoms with Crippen molar-refractivity contribution >= 4 is 29.3 Å². The standard InChI is InChI=1S/C31H34N4O4/c36-26-9-8-25(28(37)34-26)35-29(38)23-2-1-3-24(27(23)30(35)39)32-16-18-4-6-19(7-5-18)17-33-31-13-20-10-21(14-31)12-22(11-20)15-31/h1-7,20-22,25,32-33H,8-17H2,(H,34,36,37). The Bertz CT molecular complexity index is 1330. The van der Waals surface area contributed by atoms with Crippen LogP contribution in [0.15, 0.2) is 42.5 Å². The first-order valence-electron chi connectivity index (χ1n) is 14.3. The maximum Gasteiger partial charge on any atom is 0.264 e. The average Bonchev–Trinajstić information content (AvgIpc) is 3.16. The normalized spacial score (nSPS) is 31.0. The fraction of sp³-hybridized carbons (Fsp3) is 0.484. The Labute approximate surface area is 227 Å². The number of carbonyl (C=O) groups is 4. The summed E-state index contributed by atoms with van der Waals surface area (Å²) in [5, 5.41) is 9.52. The molecule has 1 unspecified atom stereocenters. The monoisotopic (exact) mass is 526 g/mol. The Balaban J connectivity index is 0.998. The van der Waals surface area contributed by atoms with Crippen LogP contribution in [0.25, 0.3) is 0 Å². The van der Waals surface area contributed by atoms with E-state index < -0.39 is 23.8 Å². The van der Waals surface area contributed by atoms with Crippen molar-refractivity contribution in [3.8, 4) is 0 Å². The second-order valence-corrected chi connectivity index (χ2v) is 12.4. The summed E-state index contributed by atoms with van der Waals surface area (Å²) >= 11 is 0. The molecule has 2 aromatic rings. The van der Waals surface area contributed by atoms with Gasteiger partial charge in [-0.05, 0) is 86.0 Å². The van der Waals surface area contributed by atoms with Crippen LogP contribution in [0.2, 0.25) is 0 Å². The molecule has 8 heteroatoms. The van der Waals surface area contributed by atoms with Gasteiger partial charge in [0.15, 0.2) is 0 Å². The highest BCUT2D eigenvalue weighted by molar-refractivity contribution is 6.25. The molecule has 3 N–H and O–H groups in total. The molecular weight excluding hydrogens is 492 g/mol. The van der Waals surface area contributed by atoms with Gasteiger partial charge in [0.05, 0.1) is 11.1 Å². The molecule has 4 bridgehead atoms. The number of anilines is 1. The van der Waals surface area contributed by atoms with Crippen molar-refractivity contribution in [2.24, 2.45) is 17.8 Å². The van der Waals surface area contributed by atoms with Crippen LogP contribution < -0.4 is 16.0 Å². The summed E-state index contributed by atoms with van der Waals surface area (Å²) in [5.74, 6) is 0.792. The van der Waals surface area contributed by atoms with E-state index in [0.717, 1.165) is 34.8 Å². The first-order chi connectivity index (χ1) is 18.9. The summed E-state index contributed by atoms with van der Waals surface area (Å²) in [4.78, 5) is 51.3. The van der Waals surface area contributed by atoms with Crippen LogP contribution in [0.5, 0.6) is 0 Å². The molecule has 1 saturated heterocycles. The summed E-state index contributed by atoms with van der Waals surface area (Å²) in [7, 11) is 0. The highest BCUT2D eigenvalue weighted by Gasteiger charge is 2.50. The molecule has 8 nitrogen and oxygen atoms in total. The number of fused-ring (bicyclic) bond motifs is 1. The van der Waals surface area contributed by atoms with Crippen molar-refractivity contribution in [1.82, 2.24) is 15.5 Å². The number of hydrogen-bond donors (Lipinski definition) is 3. The second-order valence-electron chi connectivity index (χ2n) is 12.4. The van der Waals surface area contributed by atoms with Gasteiger partial charge in [-0.15, -0.1) is 0 Å². The van der Waals surface area contributed by atoms with E-state index in [9.17, 15) is 19.2 Å². The lowest BCUT2D eigenvalue weighted by Gasteiger charge is -2.57. The van der Waals surface area contributed by atoms with E-state index in [1.807, 2.05) is 0 Å². The summed E-state index contributed by atoms with van der Waals surface area (Å²) < 4.78 is 0. The van der Waals surface area contributed by atoms with Crippen LogP contribution in [0.4, 0.5) is 5.69 Å². The highest BCUT2D eigenvalue weighted by Crippen LogP contribution is 2.55. The molecule has 39 heavy (non-hydrogen) atoms. The fourth-order valence-corrected chi connectivity index (χ4v) is 8.25. The van der Waals surface area contributed by atoms with Gasteiger partial charge in [0.25, 0.3) is 11.8 Å².